The molecule has 6 nitrogen and oxygen atoms in total. The van der Waals surface area contributed by atoms with Gasteiger partial charge in [0, 0.05) is 5.69 Å². The van der Waals surface area contributed by atoms with Crippen molar-refractivity contribution in [2.45, 2.75) is 6.42 Å². The van der Waals surface area contributed by atoms with Crippen LogP contribution in [-0.2, 0) is 16.0 Å². The van der Waals surface area contributed by atoms with Crippen LogP contribution in [0.25, 0.3) is 0 Å². The standard InChI is InChI=1S/C17H18N2O4/c1-22-15-4-2-3-12(9-15)10-17(21)19-13-5-7-14(8-6-13)23-11-16(18)20/h2-9H,10-11H2,1H3,(H2,18,20)(H,19,21). The highest BCUT2D eigenvalue weighted by Crippen LogP contribution is 2.17. The Morgan fingerprint density at radius 1 is 1.09 bits per heavy atom. The summed E-state index contributed by atoms with van der Waals surface area (Å²) in [5.74, 6) is 0.547. The largest absolute Gasteiger partial charge is 0.497 e. The number of hydrogen-bond donors (Lipinski definition) is 2. The molecule has 3 N–H and O–H groups in total. The summed E-state index contributed by atoms with van der Waals surface area (Å²) < 4.78 is 10.3. The first-order valence-electron chi connectivity index (χ1n) is 7.01. The van der Waals surface area contributed by atoms with E-state index >= 15 is 0 Å². The van der Waals surface area contributed by atoms with Crippen LogP contribution in [0.5, 0.6) is 11.5 Å². The molecule has 0 aromatic heterocycles. The molecule has 0 heterocycles. The molecule has 6 heteroatoms. The summed E-state index contributed by atoms with van der Waals surface area (Å²) in [6.45, 7) is -0.179. The number of carbonyl (C=O) groups excluding carboxylic acids is 2. The van der Waals surface area contributed by atoms with Crippen LogP contribution in [0, 0.1) is 0 Å². The molecule has 2 aromatic carbocycles. The van der Waals surface area contributed by atoms with Crippen molar-refractivity contribution in [1.29, 1.82) is 0 Å². The highest BCUT2D eigenvalue weighted by atomic mass is 16.5. The van der Waals surface area contributed by atoms with E-state index in [1.807, 2.05) is 24.3 Å². The summed E-state index contributed by atoms with van der Waals surface area (Å²) >= 11 is 0. The van der Waals surface area contributed by atoms with Crippen molar-refractivity contribution in [3.05, 3.63) is 54.1 Å². The molecule has 0 aliphatic heterocycles. The third-order valence-electron chi connectivity index (χ3n) is 3.02. The van der Waals surface area contributed by atoms with Crippen molar-refractivity contribution >= 4 is 17.5 Å². The Balaban J connectivity index is 1.90. The molecule has 0 spiro atoms. The Labute approximate surface area is 134 Å². The van der Waals surface area contributed by atoms with Crippen molar-refractivity contribution in [2.24, 2.45) is 5.73 Å². The average Bonchev–Trinajstić information content (AvgIpc) is 2.54. The summed E-state index contributed by atoms with van der Waals surface area (Å²) in [4.78, 5) is 22.7. The van der Waals surface area contributed by atoms with E-state index in [4.69, 9.17) is 15.2 Å². The third-order valence-corrected chi connectivity index (χ3v) is 3.02. The zero-order valence-electron chi connectivity index (χ0n) is 12.7. The summed E-state index contributed by atoms with van der Waals surface area (Å²) in [5, 5.41) is 2.79. The number of nitrogens with one attached hydrogen (secondary N) is 1. The fraction of sp³-hybridized carbons (Fsp3) is 0.176. The van der Waals surface area contributed by atoms with Gasteiger partial charge in [0.1, 0.15) is 11.5 Å². The predicted octanol–water partition coefficient (Wildman–Crippen LogP) is 1.74. The molecule has 2 amide bonds. The number of carbonyl (C=O) groups is 2. The van der Waals surface area contributed by atoms with Gasteiger partial charge in [-0.05, 0) is 42.0 Å². The molecule has 120 valence electrons. The summed E-state index contributed by atoms with van der Waals surface area (Å²) in [6.07, 6.45) is 0.247. The van der Waals surface area contributed by atoms with Crippen molar-refractivity contribution in [1.82, 2.24) is 0 Å². The molecule has 0 atom stereocenters. The molecular weight excluding hydrogens is 296 g/mol. The van der Waals surface area contributed by atoms with Gasteiger partial charge in [0.15, 0.2) is 6.61 Å². The van der Waals surface area contributed by atoms with Gasteiger partial charge in [-0.15, -0.1) is 0 Å². The van der Waals surface area contributed by atoms with E-state index in [2.05, 4.69) is 5.32 Å². The van der Waals surface area contributed by atoms with Crippen LogP contribution in [-0.4, -0.2) is 25.5 Å². The maximum absolute atomic E-state index is 12.0. The van der Waals surface area contributed by atoms with E-state index in [1.165, 1.54) is 0 Å². The Bertz CT molecular complexity index is 683. The first kappa shape index (κ1) is 16.4. The number of nitrogens with two attached hydrogens (primary N) is 1. The van der Waals surface area contributed by atoms with Crippen LogP contribution >= 0.6 is 0 Å². The number of ether oxygens (including phenoxy) is 2. The van der Waals surface area contributed by atoms with Crippen LogP contribution in [0.1, 0.15) is 5.56 Å². The fourth-order valence-corrected chi connectivity index (χ4v) is 1.96. The Hall–Kier alpha value is -3.02. The minimum absolute atomic E-state index is 0.135. The number of amides is 2. The second kappa shape index (κ2) is 7.84. The van der Waals surface area contributed by atoms with E-state index in [0.29, 0.717) is 17.2 Å². The average molecular weight is 314 g/mol. The first-order chi connectivity index (χ1) is 11.1. The number of methoxy groups -OCH3 is 1. The number of benzene rings is 2. The van der Waals surface area contributed by atoms with Gasteiger partial charge < -0.3 is 20.5 Å². The third kappa shape index (κ3) is 5.35. The molecule has 0 fully saturated rings. The molecular formula is C17H18N2O4. The van der Waals surface area contributed by atoms with Gasteiger partial charge >= 0.3 is 0 Å². The van der Waals surface area contributed by atoms with Crippen LogP contribution < -0.4 is 20.5 Å². The maximum atomic E-state index is 12.0. The van der Waals surface area contributed by atoms with Gasteiger partial charge in [-0.3, -0.25) is 9.59 Å². The van der Waals surface area contributed by atoms with Gasteiger partial charge in [0.2, 0.25) is 5.91 Å². The lowest BCUT2D eigenvalue weighted by molar-refractivity contribution is -0.120. The lowest BCUT2D eigenvalue weighted by atomic mass is 10.1. The van der Waals surface area contributed by atoms with Crippen LogP contribution in [0.2, 0.25) is 0 Å². The normalized spacial score (nSPS) is 9.96. The van der Waals surface area contributed by atoms with Gasteiger partial charge in [-0.1, -0.05) is 12.1 Å². The molecule has 0 saturated carbocycles. The lowest BCUT2D eigenvalue weighted by Crippen LogP contribution is -2.20. The molecule has 0 aliphatic carbocycles. The van der Waals surface area contributed by atoms with Crippen molar-refractivity contribution in [3.63, 3.8) is 0 Å². The smallest absolute Gasteiger partial charge is 0.255 e. The minimum atomic E-state index is -0.541. The minimum Gasteiger partial charge on any atom is -0.497 e. The molecule has 0 unspecified atom stereocenters. The summed E-state index contributed by atoms with van der Waals surface area (Å²) in [6, 6.07) is 14.1. The van der Waals surface area contributed by atoms with Gasteiger partial charge in [-0.25, -0.2) is 0 Å². The second-order valence-electron chi connectivity index (χ2n) is 4.86. The van der Waals surface area contributed by atoms with E-state index < -0.39 is 5.91 Å². The molecule has 2 rings (SSSR count). The molecule has 2 aromatic rings. The fourth-order valence-electron chi connectivity index (χ4n) is 1.96. The monoisotopic (exact) mass is 314 g/mol. The molecule has 0 radical (unpaired) electrons. The van der Waals surface area contributed by atoms with Crippen molar-refractivity contribution in [3.8, 4) is 11.5 Å². The van der Waals surface area contributed by atoms with E-state index in [0.717, 1.165) is 5.56 Å². The van der Waals surface area contributed by atoms with Crippen LogP contribution in [0.3, 0.4) is 0 Å². The number of rotatable bonds is 7. The van der Waals surface area contributed by atoms with Crippen LogP contribution in [0.4, 0.5) is 5.69 Å². The predicted molar refractivity (Wildman–Crippen MR) is 86.5 cm³/mol. The Morgan fingerprint density at radius 3 is 2.48 bits per heavy atom. The SMILES string of the molecule is COc1cccc(CC(=O)Nc2ccc(OCC(N)=O)cc2)c1. The van der Waals surface area contributed by atoms with Gasteiger partial charge in [0.25, 0.3) is 5.91 Å². The van der Waals surface area contributed by atoms with E-state index in [9.17, 15) is 9.59 Å². The molecule has 0 bridgehead atoms. The zero-order valence-corrected chi connectivity index (χ0v) is 12.7. The van der Waals surface area contributed by atoms with E-state index in [1.54, 1.807) is 31.4 Å². The van der Waals surface area contributed by atoms with Crippen LogP contribution in [0.15, 0.2) is 48.5 Å². The molecule has 0 saturated heterocycles. The maximum Gasteiger partial charge on any atom is 0.255 e. The second-order valence-corrected chi connectivity index (χ2v) is 4.86. The van der Waals surface area contributed by atoms with Gasteiger partial charge in [0.05, 0.1) is 13.5 Å². The zero-order chi connectivity index (χ0) is 16.7. The highest BCUT2D eigenvalue weighted by Gasteiger charge is 2.06. The van der Waals surface area contributed by atoms with E-state index in [-0.39, 0.29) is 18.9 Å². The number of hydrogen-bond acceptors (Lipinski definition) is 4. The molecule has 0 aliphatic rings. The first-order valence-corrected chi connectivity index (χ1v) is 7.01. The number of primary amides is 1. The van der Waals surface area contributed by atoms with Crippen molar-refractivity contribution < 1.29 is 19.1 Å². The van der Waals surface area contributed by atoms with Gasteiger partial charge in [-0.2, -0.15) is 0 Å². The number of anilines is 1. The Kier molecular flexibility index (Phi) is 5.57. The lowest BCUT2D eigenvalue weighted by Gasteiger charge is -2.08. The molecule has 23 heavy (non-hydrogen) atoms. The summed E-state index contributed by atoms with van der Waals surface area (Å²) in [7, 11) is 1.58. The highest BCUT2D eigenvalue weighted by molar-refractivity contribution is 5.92. The van der Waals surface area contributed by atoms with Crippen molar-refractivity contribution in [2.75, 3.05) is 19.0 Å². The quantitative estimate of drug-likeness (QED) is 0.814. The topological polar surface area (TPSA) is 90.7 Å². The Morgan fingerprint density at radius 2 is 1.83 bits per heavy atom. The summed E-state index contributed by atoms with van der Waals surface area (Å²) in [5.41, 5.74) is 6.51.